The summed E-state index contributed by atoms with van der Waals surface area (Å²) in [5, 5.41) is 12.3. The predicted octanol–water partition coefficient (Wildman–Crippen LogP) is 5.01. The molecule has 2 aromatic carbocycles. The third kappa shape index (κ3) is 4.45. The fourth-order valence-electron chi connectivity index (χ4n) is 2.04. The number of nitrogens with one attached hydrogen (secondary N) is 1. The van der Waals surface area contributed by atoms with E-state index in [4.69, 9.17) is 11.6 Å². The first-order valence-corrected chi connectivity index (χ1v) is 7.66. The Morgan fingerprint density at radius 1 is 1.17 bits per heavy atom. The van der Waals surface area contributed by atoms with Crippen molar-refractivity contribution in [2.45, 2.75) is 19.8 Å². The lowest BCUT2D eigenvalue weighted by Crippen LogP contribution is -2.13. The van der Waals surface area contributed by atoms with Crippen LogP contribution < -0.4 is 5.32 Å². The molecule has 0 aliphatic carbocycles. The number of nitrogens with zero attached hydrogens (tertiary/aromatic N) is 1. The number of halogens is 1. The van der Waals surface area contributed by atoms with Crippen LogP contribution in [-0.4, -0.2) is 5.91 Å². The maximum absolute atomic E-state index is 12.2. The third-order valence-electron chi connectivity index (χ3n) is 3.40. The molecule has 0 spiro atoms. The molecule has 0 atom stereocenters. The highest BCUT2D eigenvalue weighted by Crippen LogP contribution is 2.21. The van der Waals surface area contributed by atoms with Gasteiger partial charge >= 0.3 is 0 Å². The van der Waals surface area contributed by atoms with Crippen LogP contribution in [0.4, 0.5) is 5.69 Å². The largest absolute Gasteiger partial charge is 0.320 e. The fourth-order valence-corrected chi connectivity index (χ4v) is 2.23. The highest BCUT2D eigenvalue weighted by molar-refractivity contribution is 6.34. The molecule has 4 heteroatoms. The van der Waals surface area contributed by atoms with E-state index in [1.807, 2.05) is 30.3 Å². The van der Waals surface area contributed by atoms with Crippen LogP contribution in [0.1, 0.15) is 30.9 Å². The molecule has 0 radical (unpaired) electrons. The molecule has 116 valence electrons. The number of hydrogen-bond acceptors (Lipinski definition) is 2. The first kappa shape index (κ1) is 16.8. The summed E-state index contributed by atoms with van der Waals surface area (Å²) < 4.78 is 0. The second-order valence-electron chi connectivity index (χ2n) is 5.43. The minimum atomic E-state index is -0.478. The number of rotatable bonds is 4. The maximum atomic E-state index is 12.2. The van der Waals surface area contributed by atoms with Crippen molar-refractivity contribution in [3.63, 3.8) is 0 Å². The van der Waals surface area contributed by atoms with Crippen molar-refractivity contribution >= 4 is 29.3 Å². The lowest BCUT2D eigenvalue weighted by Gasteiger charge is -2.07. The summed E-state index contributed by atoms with van der Waals surface area (Å²) in [6, 6.07) is 16.6. The second kappa shape index (κ2) is 7.62. The molecule has 3 nitrogen and oxygen atoms in total. The minimum Gasteiger partial charge on any atom is -0.320 e. The van der Waals surface area contributed by atoms with Crippen LogP contribution in [0.2, 0.25) is 5.02 Å². The Labute approximate surface area is 141 Å². The lowest BCUT2D eigenvalue weighted by atomic mass is 10.0. The summed E-state index contributed by atoms with van der Waals surface area (Å²) in [6.45, 7) is 4.23. The quantitative estimate of drug-likeness (QED) is 0.635. The van der Waals surface area contributed by atoms with Gasteiger partial charge in [0.25, 0.3) is 5.91 Å². The molecular weight excluding hydrogens is 308 g/mol. The number of hydrogen-bond donors (Lipinski definition) is 1. The summed E-state index contributed by atoms with van der Waals surface area (Å²) >= 11 is 6.01. The van der Waals surface area contributed by atoms with Crippen LogP contribution in [0.25, 0.3) is 6.08 Å². The average Bonchev–Trinajstić information content (AvgIpc) is 2.55. The Balaban J connectivity index is 2.20. The van der Waals surface area contributed by atoms with E-state index in [0.717, 1.165) is 5.56 Å². The minimum absolute atomic E-state index is 0.0298. The zero-order chi connectivity index (χ0) is 16.8. The Morgan fingerprint density at radius 2 is 1.83 bits per heavy atom. The van der Waals surface area contributed by atoms with E-state index in [2.05, 4.69) is 19.2 Å². The van der Waals surface area contributed by atoms with Gasteiger partial charge in [-0.15, -0.1) is 0 Å². The molecule has 0 fully saturated rings. The Morgan fingerprint density at radius 3 is 2.39 bits per heavy atom. The maximum Gasteiger partial charge on any atom is 0.266 e. The summed E-state index contributed by atoms with van der Waals surface area (Å²) in [7, 11) is 0. The number of para-hydroxylation sites is 1. The van der Waals surface area contributed by atoms with Crippen molar-refractivity contribution in [2.24, 2.45) is 0 Å². The van der Waals surface area contributed by atoms with Gasteiger partial charge in [0, 0.05) is 0 Å². The van der Waals surface area contributed by atoms with Crippen molar-refractivity contribution < 1.29 is 4.79 Å². The number of nitriles is 1. The molecule has 1 N–H and O–H groups in total. The third-order valence-corrected chi connectivity index (χ3v) is 3.73. The number of anilines is 1. The van der Waals surface area contributed by atoms with Gasteiger partial charge < -0.3 is 5.32 Å². The highest BCUT2D eigenvalue weighted by Gasteiger charge is 2.11. The van der Waals surface area contributed by atoms with E-state index >= 15 is 0 Å². The molecular formula is C19H17ClN2O. The van der Waals surface area contributed by atoms with Crippen LogP contribution in [0.3, 0.4) is 0 Å². The van der Waals surface area contributed by atoms with Crippen LogP contribution in [0, 0.1) is 11.3 Å². The molecule has 0 aromatic heterocycles. The SMILES string of the molecule is CC(C)c1ccc(C=C(C#N)C(=O)Nc2ccccc2Cl)cc1. The van der Waals surface area contributed by atoms with E-state index in [-0.39, 0.29) is 5.57 Å². The first-order valence-electron chi connectivity index (χ1n) is 7.29. The molecule has 1 amide bonds. The molecule has 23 heavy (non-hydrogen) atoms. The van der Waals surface area contributed by atoms with Gasteiger partial charge in [0.2, 0.25) is 0 Å². The van der Waals surface area contributed by atoms with Gasteiger partial charge in [-0.25, -0.2) is 0 Å². The van der Waals surface area contributed by atoms with E-state index < -0.39 is 5.91 Å². The molecule has 0 aliphatic rings. The van der Waals surface area contributed by atoms with Crippen LogP contribution >= 0.6 is 11.6 Å². The van der Waals surface area contributed by atoms with Crippen molar-refractivity contribution in [2.75, 3.05) is 5.32 Å². The van der Waals surface area contributed by atoms with Crippen LogP contribution in [0.15, 0.2) is 54.1 Å². The second-order valence-corrected chi connectivity index (χ2v) is 5.83. The number of benzene rings is 2. The molecule has 2 aromatic rings. The van der Waals surface area contributed by atoms with Gasteiger partial charge in [-0.05, 0) is 35.3 Å². The zero-order valence-electron chi connectivity index (χ0n) is 13.0. The highest BCUT2D eigenvalue weighted by atomic mass is 35.5. The van der Waals surface area contributed by atoms with E-state index in [1.54, 1.807) is 30.3 Å². The van der Waals surface area contributed by atoms with Gasteiger partial charge in [0.15, 0.2) is 0 Å². The molecule has 2 rings (SSSR count). The fraction of sp³-hybridized carbons (Fsp3) is 0.158. The molecule has 0 aliphatic heterocycles. The Hall–Kier alpha value is -2.57. The molecule has 0 unspecified atom stereocenters. The summed E-state index contributed by atoms with van der Waals surface area (Å²) in [4.78, 5) is 12.2. The van der Waals surface area contributed by atoms with Crippen LogP contribution in [0.5, 0.6) is 0 Å². The standard InChI is InChI=1S/C19H17ClN2O/c1-13(2)15-9-7-14(8-10-15)11-16(12-21)19(23)22-18-6-4-3-5-17(18)20/h3-11,13H,1-2H3,(H,22,23). The Kier molecular flexibility index (Phi) is 5.56. The van der Waals surface area contributed by atoms with E-state index in [0.29, 0.717) is 16.6 Å². The predicted molar refractivity (Wildman–Crippen MR) is 94.2 cm³/mol. The van der Waals surface area contributed by atoms with Gasteiger partial charge in [0.05, 0.1) is 10.7 Å². The zero-order valence-corrected chi connectivity index (χ0v) is 13.8. The van der Waals surface area contributed by atoms with Crippen molar-refractivity contribution in [3.8, 4) is 6.07 Å². The number of amides is 1. The number of carbonyl (C=O) groups excluding carboxylic acids is 1. The van der Waals surface area contributed by atoms with Crippen molar-refractivity contribution in [1.29, 1.82) is 5.26 Å². The molecule has 0 saturated carbocycles. The average molecular weight is 325 g/mol. The lowest BCUT2D eigenvalue weighted by molar-refractivity contribution is -0.112. The summed E-state index contributed by atoms with van der Waals surface area (Å²) in [6.07, 6.45) is 1.57. The topological polar surface area (TPSA) is 52.9 Å². The van der Waals surface area contributed by atoms with Crippen molar-refractivity contribution in [1.82, 2.24) is 0 Å². The molecule has 0 saturated heterocycles. The molecule has 0 bridgehead atoms. The van der Waals surface area contributed by atoms with Gasteiger partial charge in [-0.2, -0.15) is 5.26 Å². The molecule has 0 heterocycles. The van der Waals surface area contributed by atoms with E-state index in [1.165, 1.54) is 5.56 Å². The summed E-state index contributed by atoms with van der Waals surface area (Å²) in [5.41, 5.74) is 2.53. The Bertz CT molecular complexity index is 771. The van der Waals surface area contributed by atoms with Crippen LogP contribution in [-0.2, 0) is 4.79 Å². The smallest absolute Gasteiger partial charge is 0.266 e. The van der Waals surface area contributed by atoms with E-state index in [9.17, 15) is 10.1 Å². The number of carbonyl (C=O) groups is 1. The van der Waals surface area contributed by atoms with Crippen molar-refractivity contribution in [3.05, 3.63) is 70.3 Å². The van der Waals surface area contributed by atoms with Gasteiger partial charge in [0.1, 0.15) is 11.6 Å². The van der Waals surface area contributed by atoms with Gasteiger partial charge in [-0.1, -0.05) is 61.8 Å². The van der Waals surface area contributed by atoms with Gasteiger partial charge in [-0.3, -0.25) is 4.79 Å². The monoisotopic (exact) mass is 324 g/mol. The first-order chi connectivity index (χ1) is 11.0. The summed E-state index contributed by atoms with van der Waals surface area (Å²) in [5.74, 6) is -0.0412. The normalized spacial score (nSPS) is 11.2.